The molecule has 2 heterocycles. The number of carbonyl (C=O) groups excluding carboxylic acids is 3. The van der Waals surface area contributed by atoms with Gasteiger partial charge in [0.1, 0.15) is 0 Å². The van der Waals surface area contributed by atoms with Crippen LogP contribution in [0.15, 0.2) is 114 Å². The summed E-state index contributed by atoms with van der Waals surface area (Å²) in [6, 6.07) is 29.4. The quantitative estimate of drug-likeness (QED) is 0.0915. The number of likely N-dealkylation sites (tertiary alicyclic amines) is 1. The van der Waals surface area contributed by atoms with Crippen molar-refractivity contribution in [1.29, 1.82) is 0 Å². The van der Waals surface area contributed by atoms with Crippen LogP contribution in [0.4, 0.5) is 9.18 Å². The zero-order chi connectivity index (χ0) is 40.2. The van der Waals surface area contributed by atoms with E-state index in [4.69, 9.17) is 9.16 Å². The highest BCUT2D eigenvalue weighted by molar-refractivity contribution is 6.99. The summed E-state index contributed by atoms with van der Waals surface area (Å²) < 4.78 is 26.5. The van der Waals surface area contributed by atoms with Crippen molar-refractivity contribution < 1.29 is 43.3 Å². The molecule has 4 aromatic rings. The van der Waals surface area contributed by atoms with Crippen molar-refractivity contribution >= 4 is 48.2 Å². The maximum absolute atomic E-state index is 14.4. The van der Waals surface area contributed by atoms with Gasteiger partial charge in [0.15, 0.2) is 11.6 Å². The fourth-order valence-electron chi connectivity index (χ4n) is 8.41. The van der Waals surface area contributed by atoms with Crippen LogP contribution in [-0.4, -0.2) is 77.9 Å². The number of aliphatic hydroxyl groups is 2. The van der Waals surface area contributed by atoms with E-state index in [0.717, 1.165) is 17.5 Å². The number of aromatic nitrogens is 1. The van der Waals surface area contributed by atoms with Crippen LogP contribution in [-0.2, 0) is 18.8 Å². The van der Waals surface area contributed by atoms with Crippen LogP contribution >= 0.6 is 0 Å². The number of fused-ring (bicyclic) bond motifs is 1. The molecule has 0 radical (unpaired) electrons. The van der Waals surface area contributed by atoms with E-state index in [1.165, 1.54) is 12.1 Å². The first-order valence-corrected chi connectivity index (χ1v) is 20.5. The summed E-state index contributed by atoms with van der Waals surface area (Å²) in [4.78, 5) is 45.3. The number of halogens is 1. The molecule has 4 atom stereocenters. The molecule has 10 nitrogen and oxygen atoms in total. The summed E-state index contributed by atoms with van der Waals surface area (Å²) in [5.41, 5.74) is 2.68. The molecule has 3 N–H and O–H groups in total. The van der Waals surface area contributed by atoms with E-state index < -0.39 is 73.3 Å². The van der Waals surface area contributed by atoms with Gasteiger partial charge in [-0.2, -0.15) is 4.90 Å². The molecule has 56 heavy (non-hydrogen) atoms. The molecule has 1 fully saturated rings. The monoisotopic (exact) mass is 778 g/mol. The minimum atomic E-state index is -3.14. The van der Waals surface area contributed by atoms with Gasteiger partial charge in [0.25, 0.3) is 8.32 Å². The number of rotatable bonds is 12. The molecular weight excluding hydrogens is 732 g/mol. The first kappa shape index (κ1) is 40.4. The molecular formula is C44H47FN2O8Si. The summed E-state index contributed by atoms with van der Waals surface area (Å²) in [6.07, 6.45) is 1.36. The smallest absolute Gasteiger partial charge is 0.423 e. The predicted octanol–water partition coefficient (Wildman–Crippen LogP) is 5.86. The van der Waals surface area contributed by atoms with Crippen LogP contribution < -0.4 is 10.4 Å². The molecule has 1 saturated heterocycles. The van der Waals surface area contributed by atoms with Crippen molar-refractivity contribution in [2.24, 2.45) is 17.8 Å². The minimum Gasteiger partial charge on any atom is -0.505 e. The number of amides is 3. The van der Waals surface area contributed by atoms with Gasteiger partial charge in [-0.25, -0.2) is 9.18 Å². The summed E-state index contributed by atoms with van der Waals surface area (Å²) in [6.45, 7) is 5.80. The Morgan fingerprint density at radius 3 is 2.18 bits per heavy atom. The number of imide groups is 3. The number of methoxy groups -OCH3 is 1. The lowest BCUT2D eigenvalue weighted by Gasteiger charge is -2.44. The van der Waals surface area contributed by atoms with Gasteiger partial charge < -0.3 is 24.5 Å². The number of phenolic OH excluding ortho intramolecular Hbond substituents is 1. The van der Waals surface area contributed by atoms with E-state index in [9.17, 15) is 34.1 Å². The Labute approximate surface area is 327 Å². The highest BCUT2D eigenvalue weighted by Gasteiger charge is 2.58. The van der Waals surface area contributed by atoms with Gasteiger partial charge in [-0.05, 0) is 87.3 Å². The van der Waals surface area contributed by atoms with Crippen molar-refractivity contribution in [1.82, 2.24) is 9.88 Å². The van der Waals surface area contributed by atoms with E-state index in [-0.39, 0.29) is 25.9 Å². The van der Waals surface area contributed by atoms with Gasteiger partial charge in [-0.1, -0.05) is 93.6 Å². The van der Waals surface area contributed by atoms with Crippen LogP contribution in [0, 0.1) is 23.6 Å². The number of benzene rings is 3. The molecule has 0 bridgehead atoms. The molecule has 3 amide bonds. The maximum atomic E-state index is 14.4. The molecule has 1 aliphatic heterocycles. The zero-order valence-electron chi connectivity index (χ0n) is 31.9. The normalized spacial score (nSPS) is 19.6. The summed E-state index contributed by atoms with van der Waals surface area (Å²) in [7, 11) is -2.06. The number of ether oxygens (including phenoxy) is 1. The first-order valence-electron chi connectivity index (χ1n) is 18.6. The molecule has 3 aromatic carbocycles. The molecule has 1 aliphatic carbocycles. The number of allylic oxidation sites excluding steroid dienone is 1. The van der Waals surface area contributed by atoms with Crippen molar-refractivity contribution in [3.8, 4) is 5.75 Å². The highest BCUT2D eigenvalue weighted by atomic mass is 28.4. The van der Waals surface area contributed by atoms with Crippen molar-refractivity contribution in [3.63, 3.8) is 0 Å². The number of carbonyl (C=O) groups is 3. The second kappa shape index (κ2) is 16.8. The van der Waals surface area contributed by atoms with E-state index >= 15 is 0 Å². The van der Waals surface area contributed by atoms with E-state index in [2.05, 4.69) is 50.0 Å². The van der Waals surface area contributed by atoms with Gasteiger partial charge >= 0.3 is 6.09 Å². The molecule has 292 valence electrons. The van der Waals surface area contributed by atoms with Crippen LogP contribution in [0.5, 0.6) is 5.75 Å². The Kier molecular flexibility index (Phi) is 12.1. The molecule has 12 heteroatoms. The molecule has 6 rings (SSSR count). The molecule has 2 aliphatic rings. The number of hydrogen-bond donors (Lipinski definition) is 3. The van der Waals surface area contributed by atoms with Gasteiger partial charge in [0.2, 0.25) is 11.8 Å². The Balaban J connectivity index is 1.44. The lowest BCUT2D eigenvalue weighted by Crippen LogP contribution is -2.66. The van der Waals surface area contributed by atoms with Crippen molar-refractivity contribution in [2.45, 2.75) is 51.2 Å². The summed E-state index contributed by atoms with van der Waals surface area (Å²) in [5.74, 6) is -5.88. The van der Waals surface area contributed by atoms with Gasteiger partial charge in [0, 0.05) is 12.1 Å². The van der Waals surface area contributed by atoms with Crippen LogP contribution in [0.2, 0.25) is 5.04 Å². The number of aliphatic hydroxyl groups excluding tert-OH is 2. The third kappa shape index (κ3) is 7.74. The molecule has 0 spiro atoms. The van der Waals surface area contributed by atoms with Gasteiger partial charge in [-0.15, -0.1) is 0 Å². The van der Waals surface area contributed by atoms with Crippen molar-refractivity contribution in [2.75, 3.05) is 20.3 Å². The standard InChI is InChI=1S/C44H47FN2O8Si/c1-44(2,3)56(31-13-7-5-8-14-31,32-15-9-6-10-16-32)55-27-30-25-33-40(42(52)47(41(33)51)43(53)54-4)34(26-48)39(30)38(50)21-19-29(36-17-11-12-22-46-36)23-28-18-20-37(49)35(45)24-28/h5-18,20,22-24,33-34,38,40,48-50H,19,21,25-27H2,1-4H3/b29-23-/t33-,34+,38-,40-/m1/s1. The second-order valence-corrected chi connectivity index (χ2v) is 19.6. The molecule has 0 unspecified atom stereocenters. The number of aromatic hydroxyl groups is 1. The Morgan fingerprint density at radius 2 is 1.62 bits per heavy atom. The summed E-state index contributed by atoms with van der Waals surface area (Å²) >= 11 is 0. The number of pyridine rings is 1. The number of phenols is 1. The third-order valence-corrected chi connectivity index (χ3v) is 16.0. The fourth-order valence-corrected chi connectivity index (χ4v) is 13.0. The SMILES string of the molecule is COC(=O)N1C(=O)[C@@H]2[C@@H](CC(CO[Si](c3ccccc3)(c3ccccc3)C(C)(C)C)=C([C@H](O)CC/C(=C/c3ccc(O)c(F)c3)c3ccccn3)[C@@H]2CO)C1=O. The first-order chi connectivity index (χ1) is 26.8. The van der Waals surface area contributed by atoms with Gasteiger partial charge in [-0.3, -0.25) is 14.6 Å². The Bertz CT molecular complexity index is 2080. The Hall–Kier alpha value is -5.27. The topological polar surface area (TPSA) is 146 Å². The average Bonchev–Trinajstić information content (AvgIpc) is 3.45. The van der Waals surface area contributed by atoms with E-state index in [0.29, 0.717) is 32.9 Å². The summed E-state index contributed by atoms with van der Waals surface area (Å²) in [5, 5.41) is 34.7. The van der Waals surface area contributed by atoms with Gasteiger partial charge in [0.05, 0.1) is 44.0 Å². The Morgan fingerprint density at radius 1 is 0.982 bits per heavy atom. The van der Waals surface area contributed by atoms with Crippen LogP contribution in [0.25, 0.3) is 11.6 Å². The third-order valence-electron chi connectivity index (χ3n) is 11.0. The average molecular weight is 779 g/mol. The lowest BCUT2D eigenvalue weighted by molar-refractivity contribution is -0.137. The van der Waals surface area contributed by atoms with Crippen molar-refractivity contribution in [3.05, 3.63) is 131 Å². The fraction of sp³-hybridized carbons (Fsp3) is 0.318. The lowest BCUT2D eigenvalue weighted by atomic mass is 9.68. The van der Waals surface area contributed by atoms with Crippen LogP contribution in [0.1, 0.15) is 51.3 Å². The molecule has 0 saturated carbocycles. The zero-order valence-corrected chi connectivity index (χ0v) is 32.9. The van der Waals surface area contributed by atoms with E-state index in [1.54, 1.807) is 30.5 Å². The maximum Gasteiger partial charge on any atom is 0.423 e. The second-order valence-electron chi connectivity index (χ2n) is 15.3. The van der Waals surface area contributed by atoms with Crippen LogP contribution in [0.3, 0.4) is 0 Å². The molecule has 1 aromatic heterocycles. The largest absolute Gasteiger partial charge is 0.505 e. The number of hydrogen-bond acceptors (Lipinski definition) is 9. The minimum absolute atomic E-state index is 0.0134. The predicted molar refractivity (Wildman–Crippen MR) is 212 cm³/mol. The highest BCUT2D eigenvalue weighted by Crippen LogP contribution is 2.47. The number of nitrogens with zero attached hydrogens (tertiary/aromatic N) is 2. The van der Waals surface area contributed by atoms with E-state index in [1.807, 2.05) is 42.5 Å².